The molecule has 0 aliphatic rings. The third kappa shape index (κ3) is 3.97. The van der Waals surface area contributed by atoms with E-state index in [0.717, 1.165) is 0 Å². The summed E-state index contributed by atoms with van der Waals surface area (Å²) in [5, 5.41) is 4.29. The average molecular weight is 349 g/mol. The highest BCUT2D eigenvalue weighted by Gasteiger charge is 2.12. The molecule has 0 saturated carbocycles. The van der Waals surface area contributed by atoms with E-state index in [1.807, 2.05) is 0 Å². The van der Waals surface area contributed by atoms with Crippen molar-refractivity contribution < 1.29 is 19.0 Å². The highest BCUT2D eigenvalue weighted by molar-refractivity contribution is 6.33. The molecule has 0 saturated heterocycles. The molecule has 0 atom stereocenters. The van der Waals surface area contributed by atoms with Crippen molar-refractivity contribution in [1.82, 2.24) is 5.43 Å². The van der Waals surface area contributed by atoms with E-state index < -0.39 is 5.91 Å². The molecule has 1 amide bonds. The van der Waals surface area contributed by atoms with Gasteiger partial charge in [-0.05, 0) is 24.3 Å². The van der Waals surface area contributed by atoms with Gasteiger partial charge in [0.15, 0.2) is 11.5 Å². The molecule has 0 spiro atoms. The van der Waals surface area contributed by atoms with Gasteiger partial charge in [0, 0.05) is 5.56 Å². The summed E-state index contributed by atoms with van der Waals surface area (Å²) in [4.78, 5) is 12.0. The molecule has 0 fully saturated rings. The van der Waals surface area contributed by atoms with Gasteiger partial charge in [0.05, 0.1) is 38.1 Å². The second-order valence-corrected chi connectivity index (χ2v) is 5.04. The molecule has 1 N–H and O–H groups in total. The molecule has 6 nitrogen and oxygen atoms in total. The summed E-state index contributed by atoms with van der Waals surface area (Å²) < 4.78 is 15.8. The summed E-state index contributed by atoms with van der Waals surface area (Å²) >= 11 is 5.97. The van der Waals surface area contributed by atoms with Gasteiger partial charge in [-0.2, -0.15) is 5.10 Å². The minimum Gasteiger partial charge on any atom is -0.493 e. The molecular formula is C17H17ClN2O4. The summed E-state index contributed by atoms with van der Waals surface area (Å²) in [5.41, 5.74) is 3.44. The molecule has 0 aliphatic carbocycles. The third-order valence-corrected chi connectivity index (χ3v) is 3.51. The molecule has 24 heavy (non-hydrogen) atoms. The number of methoxy groups -OCH3 is 3. The Balaban J connectivity index is 2.17. The van der Waals surface area contributed by atoms with Crippen molar-refractivity contribution in [1.29, 1.82) is 0 Å². The quantitative estimate of drug-likeness (QED) is 0.643. The second kappa shape index (κ2) is 8.21. The van der Waals surface area contributed by atoms with Crippen molar-refractivity contribution in [2.24, 2.45) is 5.10 Å². The number of halogens is 1. The zero-order valence-corrected chi connectivity index (χ0v) is 14.3. The highest BCUT2D eigenvalue weighted by Crippen LogP contribution is 2.37. The number of carbonyl (C=O) groups is 1. The Labute approximate surface area is 145 Å². The molecule has 0 heterocycles. The lowest BCUT2D eigenvalue weighted by Gasteiger charge is -2.12. The van der Waals surface area contributed by atoms with Crippen molar-refractivity contribution in [2.75, 3.05) is 21.3 Å². The first-order valence-corrected chi connectivity index (χ1v) is 7.36. The number of nitrogens with zero attached hydrogens (tertiary/aromatic N) is 1. The zero-order chi connectivity index (χ0) is 17.5. The Hall–Kier alpha value is -2.73. The Morgan fingerprint density at radius 2 is 1.71 bits per heavy atom. The van der Waals surface area contributed by atoms with Crippen molar-refractivity contribution >= 4 is 23.7 Å². The predicted octanol–water partition coefficient (Wildman–Crippen LogP) is 3.13. The number of benzene rings is 2. The van der Waals surface area contributed by atoms with E-state index in [1.54, 1.807) is 36.4 Å². The van der Waals surface area contributed by atoms with E-state index in [9.17, 15) is 4.79 Å². The van der Waals surface area contributed by atoms with Crippen LogP contribution in [0.3, 0.4) is 0 Å². The lowest BCUT2D eigenvalue weighted by Crippen LogP contribution is -2.17. The molecule has 2 aromatic rings. The Bertz CT molecular complexity index is 737. The smallest absolute Gasteiger partial charge is 0.272 e. The van der Waals surface area contributed by atoms with E-state index in [1.165, 1.54) is 27.5 Å². The maximum atomic E-state index is 12.0. The van der Waals surface area contributed by atoms with Gasteiger partial charge < -0.3 is 14.2 Å². The maximum absolute atomic E-state index is 12.0. The number of hydrogen-bond donors (Lipinski definition) is 1. The topological polar surface area (TPSA) is 69.2 Å². The first-order valence-electron chi connectivity index (χ1n) is 6.98. The number of nitrogens with one attached hydrogen (secondary N) is 1. The van der Waals surface area contributed by atoms with Crippen LogP contribution >= 0.6 is 11.6 Å². The van der Waals surface area contributed by atoms with Crippen LogP contribution in [0.1, 0.15) is 15.9 Å². The fraction of sp³-hybridized carbons (Fsp3) is 0.176. The van der Waals surface area contributed by atoms with Gasteiger partial charge in [-0.3, -0.25) is 4.79 Å². The van der Waals surface area contributed by atoms with E-state index in [0.29, 0.717) is 33.4 Å². The number of hydrogen-bond acceptors (Lipinski definition) is 5. The number of carbonyl (C=O) groups excluding carboxylic acids is 1. The molecule has 0 bridgehead atoms. The van der Waals surface area contributed by atoms with Crippen molar-refractivity contribution in [2.45, 2.75) is 0 Å². The van der Waals surface area contributed by atoms with Crippen LogP contribution in [-0.2, 0) is 0 Å². The fourth-order valence-corrected chi connectivity index (χ4v) is 2.27. The number of ether oxygens (including phenoxy) is 3. The standard InChI is InChI=1S/C17H17ClN2O4/c1-22-14-8-11(9-15(23-2)16(14)24-3)10-19-20-17(21)12-6-4-5-7-13(12)18/h4-10H,1-3H3,(H,20,21)/b19-10+. The Morgan fingerprint density at radius 3 is 2.25 bits per heavy atom. The molecule has 2 rings (SSSR count). The van der Waals surface area contributed by atoms with Crippen molar-refractivity contribution in [3.05, 3.63) is 52.5 Å². The molecular weight excluding hydrogens is 332 g/mol. The van der Waals surface area contributed by atoms with Gasteiger partial charge in [0.1, 0.15) is 0 Å². The van der Waals surface area contributed by atoms with Crippen molar-refractivity contribution in [3.63, 3.8) is 0 Å². The van der Waals surface area contributed by atoms with Gasteiger partial charge >= 0.3 is 0 Å². The average Bonchev–Trinajstić information content (AvgIpc) is 2.60. The second-order valence-electron chi connectivity index (χ2n) is 4.64. The maximum Gasteiger partial charge on any atom is 0.272 e. The van der Waals surface area contributed by atoms with Gasteiger partial charge in [-0.25, -0.2) is 5.43 Å². The third-order valence-electron chi connectivity index (χ3n) is 3.19. The first-order chi connectivity index (χ1) is 11.6. The summed E-state index contributed by atoms with van der Waals surface area (Å²) in [6, 6.07) is 10.2. The molecule has 0 unspecified atom stereocenters. The van der Waals surface area contributed by atoms with Gasteiger partial charge in [0.25, 0.3) is 5.91 Å². The van der Waals surface area contributed by atoms with E-state index in [-0.39, 0.29) is 0 Å². The molecule has 7 heteroatoms. The van der Waals surface area contributed by atoms with E-state index in [4.69, 9.17) is 25.8 Å². The SMILES string of the molecule is COc1cc(/C=N/NC(=O)c2ccccc2Cl)cc(OC)c1OC. The van der Waals surface area contributed by atoms with Crippen LogP contribution in [0, 0.1) is 0 Å². The lowest BCUT2D eigenvalue weighted by molar-refractivity contribution is 0.0955. The largest absolute Gasteiger partial charge is 0.493 e. The van der Waals surface area contributed by atoms with Crippen LogP contribution in [0.25, 0.3) is 0 Å². The fourth-order valence-electron chi connectivity index (χ4n) is 2.05. The van der Waals surface area contributed by atoms with Gasteiger partial charge in [0.2, 0.25) is 5.75 Å². The molecule has 0 radical (unpaired) electrons. The lowest BCUT2D eigenvalue weighted by atomic mass is 10.2. The molecule has 2 aromatic carbocycles. The summed E-state index contributed by atoms with van der Waals surface area (Å²) in [7, 11) is 4.58. The first kappa shape index (κ1) is 17.6. The van der Waals surface area contributed by atoms with E-state index in [2.05, 4.69) is 10.5 Å². The summed E-state index contributed by atoms with van der Waals surface area (Å²) in [5.74, 6) is 1.08. The van der Waals surface area contributed by atoms with Crippen molar-refractivity contribution in [3.8, 4) is 17.2 Å². The van der Waals surface area contributed by atoms with Crippen LogP contribution in [0.5, 0.6) is 17.2 Å². The predicted molar refractivity (Wildman–Crippen MR) is 92.6 cm³/mol. The van der Waals surface area contributed by atoms with Gasteiger partial charge in [-0.1, -0.05) is 23.7 Å². The summed E-state index contributed by atoms with van der Waals surface area (Å²) in [6.45, 7) is 0. The number of hydrazone groups is 1. The van der Waals surface area contributed by atoms with Crippen LogP contribution in [0.15, 0.2) is 41.5 Å². The molecule has 0 aromatic heterocycles. The number of rotatable bonds is 6. The number of amides is 1. The normalized spacial score (nSPS) is 10.5. The van der Waals surface area contributed by atoms with Gasteiger partial charge in [-0.15, -0.1) is 0 Å². The highest BCUT2D eigenvalue weighted by atomic mass is 35.5. The van der Waals surface area contributed by atoms with Crippen LogP contribution in [0.2, 0.25) is 5.02 Å². The Morgan fingerprint density at radius 1 is 1.08 bits per heavy atom. The monoisotopic (exact) mass is 348 g/mol. The van der Waals surface area contributed by atoms with Crippen LogP contribution in [-0.4, -0.2) is 33.5 Å². The Kier molecular flexibility index (Phi) is 6.03. The minimum absolute atomic E-state index is 0.348. The minimum atomic E-state index is -0.399. The summed E-state index contributed by atoms with van der Waals surface area (Å²) in [6.07, 6.45) is 1.47. The zero-order valence-electron chi connectivity index (χ0n) is 13.5. The van der Waals surface area contributed by atoms with Crippen LogP contribution < -0.4 is 19.6 Å². The molecule has 126 valence electrons. The van der Waals surface area contributed by atoms with E-state index >= 15 is 0 Å². The molecule has 0 aliphatic heterocycles. The van der Waals surface area contributed by atoms with Crippen LogP contribution in [0.4, 0.5) is 0 Å².